The molecule has 0 spiro atoms. The molecule has 3 aliphatic heterocycles. The zero-order valence-electron chi connectivity index (χ0n) is 83.5. The smallest absolute Gasteiger partial charge is 0.243 e. The maximum atomic E-state index is 13.2. The Morgan fingerprint density at radius 2 is 0.652 bits per heavy atom. The molecule has 11 heterocycles. The molecule has 27 nitrogen and oxygen atoms in total. The fourth-order valence-electron chi connectivity index (χ4n) is 21.1. The van der Waals surface area contributed by atoms with E-state index in [2.05, 4.69) is 196 Å². The first kappa shape index (κ1) is 101. The minimum absolute atomic E-state index is 0.111. The van der Waals surface area contributed by atoms with Gasteiger partial charge in [0.15, 0.2) is 0 Å². The number of anilines is 6. The molecular weight excluding hydrogens is 1760 g/mol. The number of unbranched alkanes of at least 4 members (excludes halogenated alkanes) is 4. The number of ether oxygens (including phenoxy) is 1. The Morgan fingerprint density at radius 1 is 0.362 bits per heavy atom. The van der Waals surface area contributed by atoms with Crippen LogP contribution in [-0.4, -0.2) is 189 Å². The Hall–Kier alpha value is -10.1. The van der Waals surface area contributed by atoms with E-state index in [1.165, 1.54) is 149 Å². The molecule has 8 N–H and O–H groups in total. The Kier molecular flexibility index (Phi) is 35.3. The van der Waals surface area contributed by atoms with Gasteiger partial charge in [-0.05, 0) is 228 Å². The number of piperidine rings is 1. The van der Waals surface area contributed by atoms with Crippen molar-refractivity contribution in [2.75, 3.05) is 130 Å². The predicted octanol–water partition coefficient (Wildman–Crippen LogP) is 21.6. The number of likely N-dealkylation sites (N-methyl/N-ethyl adjacent to an activating group) is 1. The molecule has 19 rings (SSSR count). The van der Waals surface area contributed by atoms with Crippen LogP contribution in [0.25, 0.3) is 88.6 Å². The molecule has 0 radical (unpaired) electrons. The number of primary sulfonamides is 1. The number of nitrogens with two attached hydrogens (primary N) is 2. The molecule has 0 atom stereocenters. The SMILES string of the molecule is CCCCNc1ncc2c(-c3ccc(N4CCCCC4)cc3)cn(CC3CCC(C)CC3)c2n1.CCCCNc1ncc2c(-c3ccc(N4CCOCC4)cc3)cn(CC3CCC(C)CC3)c2n1.CCCCNc1ncc2c(-c3ccc(S(=O)(=O)N4CCN(C)CC4)cc3)cn(CC3CCC(N)CC3)c2n1.CCCCNc1ncc2c(-c3ccc(S(N)(=O)=O)cc3)cn(CC3CCC(C)CC3)c2n1. The number of sulfonamides is 2. The largest absolute Gasteiger partial charge is 0.378 e. The van der Waals surface area contributed by atoms with E-state index in [9.17, 15) is 16.8 Å². The van der Waals surface area contributed by atoms with Gasteiger partial charge in [-0.15, -0.1) is 0 Å². The molecule has 0 bridgehead atoms. The van der Waals surface area contributed by atoms with Crippen LogP contribution in [0.5, 0.6) is 0 Å². The molecule has 0 unspecified atom stereocenters. The molecule has 4 aromatic carbocycles. The van der Waals surface area contributed by atoms with Gasteiger partial charge in [-0.3, -0.25) is 0 Å². The van der Waals surface area contributed by atoms with Gasteiger partial charge >= 0.3 is 0 Å². The lowest BCUT2D eigenvalue weighted by atomic mass is 9.83. The lowest BCUT2D eigenvalue weighted by Crippen LogP contribution is -2.46. The van der Waals surface area contributed by atoms with Crippen LogP contribution in [-0.2, 0) is 51.0 Å². The highest BCUT2D eigenvalue weighted by Gasteiger charge is 2.31. The molecule has 4 aliphatic carbocycles. The highest BCUT2D eigenvalue weighted by molar-refractivity contribution is 7.89. The molecule has 7 fully saturated rings. The van der Waals surface area contributed by atoms with Crippen molar-refractivity contribution in [2.24, 2.45) is 52.3 Å². The maximum Gasteiger partial charge on any atom is 0.243 e. The Labute approximate surface area is 820 Å². The van der Waals surface area contributed by atoms with Crippen molar-refractivity contribution in [2.45, 2.75) is 264 Å². The number of piperazine rings is 1. The van der Waals surface area contributed by atoms with E-state index in [1.54, 1.807) is 40.7 Å². The van der Waals surface area contributed by atoms with Crippen molar-refractivity contribution >= 4 is 99.3 Å². The number of fused-ring (bicyclic) bond motifs is 4. The number of aromatic nitrogens is 12. The van der Waals surface area contributed by atoms with Crippen molar-refractivity contribution < 1.29 is 21.6 Å². The summed E-state index contributed by atoms with van der Waals surface area (Å²) < 4.78 is 66.1. The van der Waals surface area contributed by atoms with Crippen LogP contribution < -0.4 is 41.9 Å². The molecular formula is C109H154N22O5S2. The third-order valence-electron chi connectivity index (χ3n) is 30.0. The average molecular weight is 1920 g/mol. The van der Waals surface area contributed by atoms with Gasteiger partial charge in [0.1, 0.15) is 22.6 Å². The molecule has 12 aromatic rings. The second-order valence-electron chi connectivity index (χ2n) is 40.8. The summed E-state index contributed by atoms with van der Waals surface area (Å²) in [7, 11) is -5.20. The van der Waals surface area contributed by atoms with Gasteiger partial charge in [0.25, 0.3) is 0 Å². The van der Waals surface area contributed by atoms with Gasteiger partial charge < -0.3 is 64.7 Å². The van der Waals surface area contributed by atoms with Crippen LogP contribution in [0, 0.1) is 41.4 Å². The number of hydrogen-bond donors (Lipinski definition) is 6. The molecule has 138 heavy (non-hydrogen) atoms. The average Bonchev–Trinajstić information content (AvgIpc) is 1.54. The Bertz CT molecular complexity index is 5920. The van der Waals surface area contributed by atoms with Crippen LogP contribution in [0.2, 0.25) is 0 Å². The summed E-state index contributed by atoms with van der Waals surface area (Å²) in [6.07, 6.45) is 49.8. The van der Waals surface area contributed by atoms with Crippen molar-refractivity contribution in [1.82, 2.24) is 67.3 Å². The quantitative estimate of drug-likeness (QED) is 0.0208. The first-order valence-corrected chi connectivity index (χ1v) is 55.5. The zero-order chi connectivity index (χ0) is 96.1. The number of morpholine rings is 1. The summed E-state index contributed by atoms with van der Waals surface area (Å²) in [5, 5.41) is 23.0. The first-order valence-electron chi connectivity index (χ1n) is 52.5. The summed E-state index contributed by atoms with van der Waals surface area (Å²) in [6, 6.07) is 32.5. The number of nitrogens with one attached hydrogen (secondary N) is 4. The van der Waals surface area contributed by atoms with Crippen molar-refractivity contribution in [1.29, 1.82) is 0 Å². The molecule has 0 amide bonds. The second kappa shape index (κ2) is 48.4. The predicted molar refractivity (Wildman–Crippen MR) is 565 cm³/mol. The fourth-order valence-corrected chi connectivity index (χ4v) is 23.0. The van der Waals surface area contributed by atoms with E-state index in [-0.39, 0.29) is 4.90 Å². The zero-order valence-corrected chi connectivity index (χ0v) is 85.1. The van der Waals surface area contributed by atoms with Crippen molar-refractivity contribution in [3.05, 3.63) is 147 Å². The van der Waals surface area contributed by atoms with Crippen LogP contribution in [0.4, 0.5) is 35.2 Å². The van der Waals surface area contributed by atoms with E-state index in [0.717, 1.165) is 270 Å². The van der Waals surface area contributed by atoms with Gasteiger partial charge in [-0.1, -0.05) is 161 Å². The van der Waals surface area contributed by atoms with E-state index in [0.29, 0.717) is 47.8 Å². The summed E-state index contributed by atoms with van der Waals surface area (Å²) in [6.45, 7) is 31.8. The topological polar surface area (TPSA) is 313 Å². The highest BCUT2D eigenvalue weighted by atomic mass is 32.2. The summed E-state index contributed by atoms with van der Waals surface area (Å²) in [4.78, 5) is 45.8. The maximum absolute atomic E-state index is 13.2. The van der Waals surface area contributed by atoms with E-state index >= 15 is 0 Å². The minimum Gasteiger partial charge on any atom is -0.378 e. The second-order valence-corrected chi connectivity index (χ2v) is 44.3. The van der Waals surface area contributed by atoms with Gasteiger partial charge in [-0.25, -0.2) is 41.9 Å². The standard InChI is InChI=1S/C29H41N5.C28H41N7O2S.C28H39N5O.C24H33N5O2S/c1-3-4-16-30-29-31-19-26-27(24-12-14-25(15-13-24)33-17-6-5-7-18-33)21-34(28(26)32-29)20-23-10-8-22(2)9-11-23;1-3-4-13-30-28-31-18-25-26(20-34(27(25)32-28)19-21-5-9-23(29)10-6-21)22-7-11-24(12-8-22)38(36,37)35-16-14-33(2)15-17-35;1-3-4-13-29-28-30-18-25-26(23-9-11-24(12-10-23)32-14-16-34-17-15-32)20-33(27(25)31-28)19-22-7-5-21(2)6-8-22;1-3-4-13-26-24-27-14-21-22(19-9-11-20(12-10-19)32(25,30)31)16-29(23(21)28-24)15-18-7-5-17(2)6-8-18/h12-15,19,21-23H,3-11,16-18,20H2,1-2H3,(H,30,31,32);7-8,11-12,18,20-21,23H,3-6,9-10,13-17,19,29H2,1-2H3,(H,30,31,32);9-12,18,20-22H,3-8,13-17,19H2,1-2H3,(H,29,30,31);9-12,14,16-18H,3-8,13,15H2,1-2H3,(H2,25,30,31)(H,26,27,28). The van der Waals surface area contributed by atoms with E-state index < -0.39 is 20.0 Å². The lowest BCUT2D eigenvalue weighted by molar-refractivity contribution is 0.122. The van der Waals surface area contributed by atoms with E-state index in [4.69, 9.17) is 35.5 Å². The van der Waals surface area contributed by atoms with Crippen LogP contribution in [0.3, 0.4) is 0 Å². The molecule has 742 valence electrons. The van der Waals surface area contributed by atoms with Crippen molar-refractivity contribution in [3.8, 4) is 44.5 Å². The number of benzene rings is 4. The third-order valence-corrected chi connectivity index (χ3v) is 32.9. The summed E-state index contributed by atoms with van der Waals surface area (Å²) in [5.74, 6) is 8.05. The molecule has 8 aromatic heterocycles. The number of nitrogens with zero attached hydrogens (tertiary/aromatic N) is 16. The monoisotopic (exact) mass is 1920 g/mol. The highest BCUT2D eigenvalue weighted by Crippen LogP contribution is 2.42. The number of rotatable bonds is 33. The van der Waals surface area contributed by atoms with Gasteiger partial charge in [0.05, 0.1) is 23.0 Å². The molecule has 7 aliphatic rings. The molecule has 3 saturated heterocycles. The third kappa shape index (κ3) is 26.2. The Morgan fingerprint density at radius 3 is 0.957 bits per heavy atom. The fraction of sp³-hybridized carbons (Fsp3) is 0.560. The molecule has 29 heteroatoms. The van der Waals surface area contributed by atoms with Crippen LogP contribution in [0.15, 0.2) is 156 Å². The van der Waals surface area contributed by atoms with Crippen molar-refractivity contribution in [3.63, 3.8) is 0 Å². The van der Waals surface area contributed by atoms with Gasteiger partial charge in [0.2, 0.25) is 43.8 Å². The van der Waals surface area contributed by atoms with Crippen LogP contribution in [0.1, 0.15) is 222 Å². The Balaban J connectivity index is 0.000000133. The van der Waals surface area contributed by atoms with Gasteiger partial charge in [-0.2, -0.15) is 24.2 Å². The first-order chi connectivity index (χ1) is 67.1. The molecule has 4 saturated carbocycles. The van der Waals surface area contributed by atoms with E-state index in [1.807, 2.05) is 44.0 Å². The summed E-state index contributed by atoms with van der Waals surface area (Å²) >= 11 is 0. The number of hydrogen-bond acceptors (Lipinski definition) is 21. The van der Waals surface area contributed by atoms with Crippen LogP contribution >= 0.6 is 0 Å². The summed E-state index contributed by atoms with van der Waals surface area (Å²) in [5.41, 5.74) is 21.6. The van der Waals surface area contributed by atoms with Gasteiger partial charge in [0, 0.05) is 216 Å². The lowest BCUT2D eigenvalue weighted by Gasteiger charge is -2.31. The minimum atomic E-state index is -3.72. The normalized spacial score (nSPS) is 20.9.